The van der Waals surface area contributed by atoms with Crippen LogP contribution in [0.5, 0.6) is 0 Å². The minimum Gasteiger partial charge on any atom is -0.387 e. The van der Waals surface area contributed by atoms with E-state index < -0.39 is 101 Å². The van der Waals surface area contributed by atoms with Gasteiger partial charge in [-0.2, -0.15) is 0 Å². The van der Waals surface area contributed by atoms with Crippen molar-refractivity contribution in [3.8, 4) is 11.1 Å². The topological polar surface area (TPSA) is 276 Å². The lowest BCUT2D eigenvalue weighted by atomic mass is 9.82. The molecule has 0 unspecified atom stereocenters. The van der Waals surface area contributed by atoms with E-state index >= 15 is 4.39 Å². The number of carbonyl (C=O) groups is 7. The maximum atomic E-state index is 15.3. The van der Waals surface area contributed by atoms with Gasteiger partial charge in [0.1, 0.15) is 36.9 Å². The van der Waals surface area contributed by atoms with E-state index in [9.17, 15) is 43.1 Å². The molecule has 0 spiro atoms. The van der Waals surface area contributed by atoms with E-state index in [0.717, 1.165) is 23.8 Å². The molecule has 380 valence electrons. The Morgan fingerprint density at radius 3 is 2.14 bits per heavy atom. The molecule has 0 aliphatic carbocycles. The molecule has 1 aromatic heterocycles. The number of hydrogen-bond donors (Lipinski definition) is 7. The molecule has 3 rings (SSSR count). The van der Waals surface area contributed by atoms with Crippen LogP contribution in [0.25, 0.3) is 11.1 Å². The van der Waals surface area contributed by atoms with Crippen LogP contribution in [0.2, 0.25) is 0 Å². The molecular weight excluding hydrogens is 903 g/mol. The van der Waals surface area contributed by atoms with Gasteiger partial charge < -0.3 is 61.5 Å². The highest BCUT2D eigenvalue weighted by Crippen LogP contribution is 2.41. The summed E-state index contributed by atoms with van der Waals surface area (Å²) in [6, 6.07) is 9.07. The number of benzene rings is 2. The minimum absolute atomic E-state index is 0.00923. The van der Waals surface area contributed by atoms with Crippen molar-refractivity contribution in [3.05, 3.63) is 83.7 Å². The highest BCUT2D eigenvalue weighted by molar-refractivity contribution is 5.96. The van der Waals surface area contributed by atoms with E-state index in [4.69, 9.17) is 25.7 Å². The van der Waals surface area contributed by atoms with Crippen LogP contribution in [0.3, 0.4) is 0 Å². The van der Waals surface area contributed by atoms with Gasteiger partial charge in [-0.25, -0.2) is 8.78 Å². The minimum atomic E-state index is -1.62. The van der Waals surface area contributed by atoms with Crippen molar-refractivity contribution in [2.45, 2.75) is 84.6 Å². The van der Waals surface area contributed by atoms with Gasteiger partial charge in [0.05, 0.1) is 44.9 Å². The number of nitrogens with two attached hydrogens (primary N) is 2. The largest absolute Gasteiger partial charge is 0.387 e. The van der Waals surface area contributed by atoms with Crippen molar-refractivity contribution < 1.29 is 61.7 Å². The van der Waals surface area contributed by atoms with Crippen LogP contribution in [-0.2, 0) is 54.3 Å². The number of nitrogens with zero attached hydrogens (tertiary/aromatic N) is 2. The Kier molecular flexibility index (Phi) is 23.5. The molecule has 1 heterocycles. The Morgan fingerprint density at radius 1 is 0.841 bits per heavy atom. The molecule has 6 amide bonds. The number of nitrogens with one attached hydrogen (secondary N) is 4. The van der Waals surface area contributed by atoms with E-state index in [1.807, 2.05) is 51.1 Å². The first-order valence-corrected chi connectivity index (χ1v) is 22.6. The van der Waals surface area contributed by atoms with Gasteiger partial charge in [0, 0.05) is 68.6 Å². The SMILES string of the molecule is COCCOCCOCC(=O)N[C@@H](C)C(=O)C[C@H](C)C(=O)N[C@@H](CC(N)=O)C(=O)N[C@@H](CCN(C(=O)CO)[C@@H](c1cc(-c2cc(F)ccc2F)cn1Cc1ccccc1)C(C)(C)C)C(=O)NCCN. The second-order valence-electron chi connectivity index (χ2n) is 17.6. The van der Waals surface area contributed by atoms with Crippen LogP contribution in [0.4, 0.5) is 8.78 Å². The molecule has 0 saturated carbocycles. The summed E-state index contributed by atoms with van der Waals surface area (Å²) in [5.41, 5.74) is 11.9. The maximum absolute atomic E-state index is 15.3. The molecular formula is C48H68F2N8O11. The molecule has 21 heteroatoms. The number of ether oxygens (including phenoxy) is 3. The Balaban J connectivity index is 1.87. The van der Waals surface area contributed by atoms with E-state index in [1.54, 1.807) is 16.8 Å². The number of aliphatic hydroxyl groups is 1. The van der Waals surface area contributed by atoms with Gasteiger partial charge in [0.15, 0.2) is 5.78 Å². The van der Waals surface area contributed by atoms with Crippen LogP contribution >= 0.6 is 0 Å². The number of ketones is 1. The van der Waals surface area contributed by atoms with Crippen molar-refractivity contribution >= 4 is 41.2 Å². The van der Waals surface area contributed by atoms with Crippen molar-refractivity contribution in [2.75, 3.05) is 66.4 Å². The van der Waals surface area contributed by atoms with E-state index in [2.05, 4.69) is 21.3 Å². The Labute approximate surface area is 401 Å². The maximum Gasteiger partial charge on any atom is 0.248 e. The highest BCUT2D eigenvalue weighted by atomic mass is 19.1. The molecule has 69 heavy (non-hydrogen) atoms. The van der Waals surface area contributed by atoms with Crippen molar-refractivity contribution in [3.63, 3.8) is 0 Å². The third-order valence-electron chi connectivity index (χ3n) is 10.9. The number of amides is 6. The number of primary amides is 1. The monoisotopic (exact) mass is 970 g/mol. The third-order valence-corrected chi connectivity index (χ3v) is 10.9. The zero-order valence-corrected chi connectivity index (χ0v) is 40.2. The van der Waals surface area contributed by atoms with Crippen LogP contribution < -0.4 is 32.7 Å². The lowest BCUT2D eigenvalue weighted by Crippen LogP contribution is -2.56. The normalized spacial score (nSPS) is 13.6. The number of halogens is 2. The zero-order chi connectivity index (χ0) is 51.3. The van der Waals surface area contributed by atoms with E-state index in [-0.39, 0.29) is 64.4 Å². The van der Waals surface area contributed by atoms with Gasteiger partial charge in [-0.1, -0.05) is 58.0 Å². The summed E-state index contributed by atoms with van der Waals surface area (Å²) in [6.07, 6.45) is 0.305. The first kappa shape index (κ1) is 57.2. The fraction of sp³-hybridized carbons (Fsp3) is 0.521. The predicted octanol–water partition coefficient (Wildman–Crippen LogP) is 1.48. The van der Waals surface area contributed by atoms with Gasteiger partial charge in [-0.15, -0.1) is 0 Å². The number of Topliss-reactive ketones (excluding diaryl/α,β-unsaturated/α-hetero) is 1. The molecule has 0 aliphatic heterocycles. The van der Waals surface area contributed by atoms with Crippen LogP contribution in [0.15, 0.2) is 60.8 Å². The number of hydrogen-bond acceptors (Lipinski definition) is 12. The fourth-order valence-corrected chi connectivity index (χ4v) is 7.41. The summed E-state index contributed by atoms with van der Waals surface area (Å²) in [6.45, 7) is 8.20. The molecule has 19 nitrogen and oxygen atoms in total. The molecule has 0 bridgehead atoms. The van der Waals surface area contributed by atoms with Gasteiger partial charge in [-0.3, -0.25) is 33.6 Å². The summed E-state index contributed by atoms with van der Waals surface area (Å²) in [4.78, 5) is 93.9. The summed E-state index contributed by atoms with van der Waals surface area (Å²) in [7, 11) is 1.53. The first-order chi connectivity index (χ1) is 32.7. The van der Waals surface area contributed by atoms with E-state index in [0.29, 0.717) is 24.5 Å². The van der Waals surface area contributed by atoms with Crippen LogP contribution in [0.1, 0.15) is 71.2 Å². The predicted molar refractivity (Wildman–Crippen MR) is 251 cm³/mol. The van der Waals surface area contributed by atoms with E-state index in [1.165, 1.54) is 25.9 Å². The molecule has 0 saturated heterocycles. The molecule has 5 atom stereocenters. The number of methoxy groups -OCH3 is 1. The summed E-state index contributed by atoms with van der Waals surface area (Å²) in [5.74, 6) is -7.76. The first-order valence-electron chi connectivity index (χ1n) is 22.6. The Bertz CT molecular complexity index is 2190. The molecule has 0 fully saturated rings. The average molecular weight is 971 g/mol. The van der Waals surface area contributed by atoms with Crippen molar-refractivity contribution in [1.82, 2.24) is 30.7 Å². The quantitative estimate of drug-likeness (QED) is 0.0469. The summed E-state index contributed by atoms with van der Waals surface area (Å²) in [5, 5.41) is 20.5. The molecule has 9 N–H and O–H groups in total. The second-order valence-corrected chi connectivity index (χ2v) is 17.6. The van der Waals surface area contributed by atoms with Crippen LogP contribution in [-0.4, -0.2) is 140 Å². The lowest BCUT2D eigenvalue weighted by Gasteiger charge is -2.41. The number of carbonyl (C=O) groups excluding carboxylic acids is 7. The Hall–Kier alpha value is -6.13. The fourth-order valence-electron chi connectivity index (χ4n) is 7.41. The highest BCUT2D eigenvalue weighted by Gasteiger charge is 2.38. The van der Waals surface area contributed by atoms with Gasteiger partial charge in [-0.05, 0) is 48.6 Å². The smallest absolute Gasteiger partial charge is 0.248 e. The molecule has 0 aliphatic rings. The van der Waals surface area contributed by atoms with Crippen molar-refractivity contribution in [2.24, 2.45) is 22.8 Å². The molecule has 2 aromatic carbocycles. The third kappa shape index (κ3) is 18.7. The number of aromatic nitrogens is 1. The van der Waals surface area contributed by atoms with Crippen LogP contribution in [0, 0.1) is 23.0 Å². The van der Waals surface area contributed by atoms with Gasteiger partial charge in [0.2, 0.25) is 35.4 Å². The average Bonchev–Trinajstić information content (AvgIpc) is 3.70. The number of rotatable bonds is 30. The summed E-state index contributed by atoms with van der Waals surface area (Å²) < 4.78 is 47.0. The molecule has 3 aromatic rings. The molecule has 0 radical (unpaired) electrons. The standard InChI is InChI=1S/C48H68F2N8O11/c1-30(22-40(60)31(2)54-42(62)29-69-21-20-68-19-18-67-6)45(64)56-38(25-41(52)61)47(66)55-37(46(65)53-16-15-51)14-17-58(43(63)28-59)44(48(3,4)5)39-23-33(35-24-34(49)12-13-36(35)50)27-57(39)26-32-10-8-7-9-11-32/h7-13,23-24,27,30-31,37-38,44,59H,14-22,25-26,28-29,51H2,1-6H3,(H2,52,61)(H,53,65)(H,54,62)(H,55,66)(H,56,64)/t30-,31-,37-,38-,44-/m0/s1. The number of aliphatic hydroxyl groups excluding tert-OH is 1. The summed E-state index contributed by atoms with van der Waals surface area (Å²) >= 11 is 0. The lowest BCUT2D eigenvalue weighted by molar-refractivity contribution is -0.140. The van der Waals surface area contributed by atoms with Gasteiger partial charge in [0.25, 0.3) is 0 Å². The van der Waals surface area contributed by atoms with Crippen molar-refractivity contribution in [1.29, 1.82) is 0 Å². The zero-order valence-electron chi connectivity index (χ0n) is 40.2. The Morgan fingerprint density at radius 2 is 1.51 bits per heavy atom. The van der Waals surface area contributed by atoms with Gasteiger partial charge >= 0.3 is 0 Å². The second kappa shape index (κ2) is 28.4.